The highest BCUT2D eigenvalue weighted by Gasteiger charge is 2.62. The SMILES string of the molecule is Cc1cc(C2=NC(S(C)=O)(C(F)(F)F)CN2c2ccccc2)ccn1. The normalized spacial score (nSPS) is 22.0. The van der Waals surface area contributed by atoms with Crippen LogP contribution in [0.25, 0.3) is 0 Å². The highest BCUT2D eigenvalue weighted by Crippen LogP contribution is 2.42. The van der Waals surface area contributed by atoms with Crippen molar-refractivity contribution in [3.05, 3.63) is 59.9 Å². The number of nitrogens with zero attached hydrogens (tertiary/aromatic N) is 3. The predicted molar refractivity (Wildman–Crippen MR) is 92.2 cm³/mol. The molecule has 1 aromatic carbocycles. The number of hydrogen-bond donors (Lipinski definition) is 0. The van der Waals surface area contributed by atoms with Crippen LogP contribution in [0.3, 0.4) is 0 Å². The van der Waals surface area contributed by atoms with Crippen molar-refractivity contribution in [1.82, 2.24) is 4.98 Å². The van der Waals surface area contributed by atoms with Gasteiger partial charge in [0, 0.05) is 29.4 Å². The topological polar surface area (TPSA) is 45.6 Å². The summed E-state index contributed by atoms with van der Waals surface area (Å²) in [4.78, 5) is 6.83. The molecule has 8 heteroatoms. The smallest absolute Gasteiger partial charge is 0.322 e. The van der Waals surface area contributed by atoms with E-state index >= 15 is 0 Å². The van der Waals surface area contributed by atoms with E-state index in [9.17, 15) is 17.4 Å². The van der Waals surface area contributed by atoms with Crippen LogP contribution in [0.15, 0.2) is 53.7 Å². The summed E-state index contributed by atoms with van der Waals surface area (Å²) in [7, 11) is -2.23. The zero-order valence-corrected chi connectivity index (χ0v) is 14.4. The van der Waals surface area contributed by atoms with E-state index < -0.39 is 28.4 Å². The van der Waals surface area contributed by atoms with Crippen LogP contribution in [0.4, 0.5) is 18.9 Å². The van der Waals surface area contributed by atoms with Crippen molar-refractivity contribution in [2.45, 2.75) is 18.0 Å². The first-order chi connectivity index (χ1) is 11.7. The number of hydrogen-bond acceptors (Lipinski definition) is 4. The minimum Gasteiger partial charge on any atom is -0.322 e. The third-order valence-corrected chi connectivity index (χ3v) is 5.46. The van der Waals surface area contributed by atoms with Gasteiger partial charge in [0.15, 0.2) is 0 Å². The van der Waals surface area contributed by atoms with E-state index in [2.05, 4.69) is 9.98 Å². The quantitative estimate of drug-likeness (QED) is 0.836. The van der Waals surface area contributed by atoms with Crippen LogP contribution in [-0.4, -0.2) is 38.9 Å². The average Bonchev–Trinajstić information content (AvgIpc) is 2.98. The first-order valence-electron chi connectivity index (χ1n) is 7.50. The molecule has 4 nitrogen and oxygen atoms in total. The molecule has 2 unspecified atom stereocenters. The van der Waals surface area contributed by atoms with Crippen LogP contribution in [0.1, 0.15) is 11.3 Å². The second-order valence-electron chi connectivity index (χ2n) is 5.78. The van der Waals surface area contributed by atoms with E-state index in [1.165, 1.54) is 11.1 Å². The molecule has 2 heterocycles. The second-order valence-corrected chi connectivity index (χ2v) is 7.36. The molecule has 2 atom stereocenters. The van der Waals surface area contributed by atoms with Gasteiger partial charge in [-0.15, -0.1) is 0 Å². The van der Waals surface area contributed by atoms with Crippen molar-refractivity contribution in [3.63, 3.8) is 0 Å². The highest BCUT2D eigenvalue weighted by atomic mass is 32.2. The number of rotatable bonds is 3. The monoisotopic (exact) mass is 367 g/mol. The van der Waals surface area contributed by atoms with Crippen LogP contribution in [0.5, 0.6) is 0 Å². The lowest BCUT2D eigenvalue weighted by Gasteiger charge is -2.28. The summed E-state index contributed by atoms with van der Waals surface area (Å²) in [6, 6.07) is 11.9. The lowest BCUT2D eigenvalue weighted by molar-refractivity contribution is -0.154. The molecule has 0 spiro atoms. The van der Waals surface area contributed by atoms with Gasteiger partial charge in [-0.1, -0.05) is 18.2 Å². The van der Waals surface area contributed by atoms with Gasteiger partial charge in [-0.25, -0.2) is 4.99 Å². The largest absolute Gasteiger partial charge is 0.427 e. The van der Waals surface area contributed by atoms with Crippen LogP contribution in [-0.2, 0) is 10.8 Å². The number of halogens is 3. The molecular formula is C17H16F3N3OS. The van der Waals surface area contributed by atoms with Crippen molar-refractivity contribution >= 4 is 22.3 Å². The van der Waals surface area contributed by atoms with Gasteiger partial charge in [0.05, 0.1) is 17.3 Å². The third kappa shape index (κ3) is 3.06. The van der Waals surface area contributed by atoms with E-state index in [-0.39, 0.29) is 5.84 Å². The molecule has 0 N–H and O–H groups in total. The van der Waals surface area contributed by atoms with Crippen LogP contribution in [0, 0.1) is 6.92 Å². The summed E-state index contributed by atoms with van der Waals surface area (Å²) in [6.45, 7) is 1.22. The summed E-state index contributed by atoms with van der Waals surface area (Å²) in [5, 5.41) is 0. The fourth-order valence-corrected chi connectivity index (χ4v) is 3.61. The molecule has 3 rings (SSSR count). The van der Waals surface area contributed by atoms with Crippen LogP contribution >= 0.6 is 0 Å². The Hall–Kier alpha value is -2.22. The van der Waals surface area contributed by atoms with Crippen LogP contribution < -0.4 is 4.90 Å². The summed E-state index contributed by atoms with van der Waals surface area (Å²) >= 11 is 0. The Kier molecular flexibility index (Phi) is 4.40. The Morgan fingerprint density at radius 1 is 1.20 bits per heavy atom. The van der Waals surface area contributed by atoms with E-state index in [0.717, 1.165) is 6.26 Å². The van der Waals surface area contributed by atoms with E-state index in [4.69, 9.17) is 0 Å². The highest BCUT2D eigenvalue weighted by molar-refractivity contribution is 7.85. The maximum Gasteiger partial charge on any atom is 0.427 e. The van der Waals surface area contributed by atoms with E-state index in [1.807, 2.05) is 0 Å². The number of pyridine rings is 1. The van der Waals surface area contributed by atoms with Gasteiger partial charge in [-0.2, -0.15) is 13.2 Å². The molecule has 0 bridgehead atoms. The van der Waals surface area contributed by atoms with Crippen molar-refractivity contribution in [1.29, 1.82) is 0 Å². The van der Waals surface area contributed by atoms with Gasteiger partial charge in [0.1, 0.15) is 5.84 Å². The number of para-hydroxylation sites is 1. The number of aryl methyl sites for hydroxylation is 1. The molecule has 0 saturated heterocycles. The lowest BCUT2D eigenvalue weighted by atomic mass is 10.2. The first kappa shape index (κ1) is 17.6. The van der Waals surface area contributed by atoms with Crippen molar-refractivity contribution in [3.8, 4) is 0 Å². The summed E-state index contributed by atoms with van der Waals surface area (Å²) in [5.41, 5.74) is 1.73. The number of aliphatic imine (C=N–C) groups is 1. The maximum absolute atomic E-state index is 13.8. The van der Waals surface area contributed by atoms with Crippen molar-refractivity contribution < 1.29 is 17.4 Å². The Morgan fingerprint density at radius 2 is 1.88 bits per heavy atom. The van der Waals surface area contributed by atoms with Gasteiger partial charge in [0.2, 0.25) is 4.87 Å². The Balaban J connectivity index is 2.20. The Labute approximate surface area is 145 Å². The fraction of sp³-hybridized carbons (Fsp3) is 0.294. The predicted octanol–water partition coefficient (Wildman–Crippen LogP) is 3.29. The molecule has 1 aliphatic heterocycles. The second kappa shape index (κ2) is 6.25. The molecule has 132 valence electrons. The van der Waals surface area contributed by atoms with Crippen molar-refractivity contribution in [2.24, 2.45) is 4.99 Å². The standard InChI is InChI=1S/C17H16F3N3OS/c1-12-10-13(8-9-21-12)15-22-16(25(2)24,17(18,19)20)11-23(15)14-6-4-3-5-7-14/h3-10H,11H2,1-2H3. The zero-order chi connectivity index (χ0) is 18.2. The average molecular weight is 367 g/mol. The molecule has 0 radical (unpaired) electrons. The van der Waals surface area contributed by atoms with E-state index in [0.29, 0.717) is 16.9 Å². The van der Waals surface area contributed by atoms with Gasteiger partial charge in [0.25, 0.3) is 0 Å². The van der Waals surface area contributed by atoms with Gasteiger partial charge in [-0.05, 0) is 31.2 Å². The van der Waals surface area contributed by atoms with Crippen molar-refractivity contribution in [2.75, 3.05) is 17.7 Å². The Morgan fingerprint density at radius 3 is 2.44 bits per heavy atom. The molecule has 25 heavy (non-hydrogen) atoms. The summed E-state index contributed by atoms with van der Waals surface area (Å²) in [6.07, 6.45) is -2.17. The van der Waals surface area contributed by atoms with E-state index in [1.54, 1.807) is 49.4 Å². The number of anilines is 1. The Bertz CT molecular complexity index is 839. The molecule has 0 amide bonds. The number of alkyl halides is 3. The molecule has 1 aliphatic rings. The van der Waals surface area contributed by atoms with Crippen LogP contribution in [0.2, 0.25) is 0 Å². The van der Waals surface area contributed by atoms with Gasteiger partial charge < -0.3 is 4.90 Å². The van der Waals surface area contributed by atoms with Gasteiger partial charge in [-0.3, -0.25) is 9.19 Å². The molecule has 0 saturated carbocycles. The minimum absolute atomic E-state index is 0.143. The fourth-order valence-electron chi connectivity index (χ4n) is 2.75. The molecule has 0 aliphatic carbocycles. The lowest BCUT2D eigenvalue weighted by Crippen LogP contribution is -2.51. The molecular weight excluding hydrogens is 351 g/mol. The number of amidine groups is 1. The minimum atomic E-state index is -4.73. The first-order valence-corrected chi connectivity index (χ1v) is 9.06. The molecule has 0 fully saturated rings. The third-order valence-electron chi connectivity index (χ3n) is 4.06. The molecule has 1 aromatic heterocycles. The maximum atomic E-state index is 13.8. The number of benzene rings is 1. The van der Waals surface area contributed by atoms with Gasteiger partial charge >= 0.3 is 6.18 Å². The summed E-state index contributed by atoms with van der Waals surface area (Å²) < 4.78 is 53.4. The summed E-state index contributed by atoms with van der Waals surface area (Å²) in [5.74, 6) is 0.143. The zero-order valence-electron chi connectivity index (χ0n) is 13.6. The number of aromatic nitrogens is 1. The molecule has 2 aromatic rings.